The molecule has 0 fully saturated rings. The van der Waals surface area contributed by atoms with Gasteiger partial charge in [-0.2, -0.15) is 0 Å². The van der Waals surface area contributed by atoms with Crippen LogP contribution in [-0.4, -0.2) is 4.98 Å². The summed E-state index contributed by atoms with van der Waals surface area (Å²) >= 11 is 0. The lowest BCUT2D eigenvalue weighted by Gasteiger charge is -1.96. The van der Waals surface area contributed by atoms with Crippen molar-refractivity contribution in [3.8, 4) is 0 Å². The van der Waals surface area contributed by atoms with Gasteiger partial charge in [-0.15, -0.1) is 12.4 Å². The van der Waals surface area contributed by atoms with Gasteiger partial charge in [0.05, 0.1) is 0 Å². The van der Waals surface area contributed by atoms with Gasteiger partial charge in [0.15, 0.2) is 0 Å². The number of rotatable bonds is 1. The molecular weight excluding hydrogens is 150 g/mol. The third-order valence-corrected chi connectivity index (χ3v) is 1.06. The van der Waals surface area contributed by atoms with Crippen LogP contribution >= 0.6 is 12.4 Å². The normalized spacial score (nSPS) is 8.20. The van der Waals surface area contributed by atoms with Gasteiger partial charge >= 0.3 is 0 Å². The summed E-state index contributed by atoms with van der Waals surface area (Å²) in [6.45, 7) is 1.99. The molecule has 0 bridgehead atoms. The van der Waals surface area contributed by atoms with E-state index in [1.165, 1.54) is 0 Å². The maximum Gasteiger partial charge on any atom is 0.140 e. The van der Waals surface area contributed by atoms with Gasteiger partial charge in [0.2, 0.25) is 0 Å². The first-order valence-corrected chi connectivity index (χ1v) is 2.72. The molecule has 0 saturated carbocycles. The van der Waals surface area contributed by atoms with E-state index in [-0.39, 0.29) is 12.4 Å². The lowest BCUT2D eigenvalue weighted by Crippen LogP contribution is -2.07. The number of hydrogen-bond donors (Lipinski definition) is 2. The van der Waals surface area contributed by atoms with E-state index in [1.807, 2.05) is 19.1 Å². The van der Waals surface area contributed by atoms with Crippen LogP contribution in [0.1, 0.15) is 5.56 Å². The Morgan fingerprint density at radius 1 is 1.60 bits per heavy atom. The smallest absolute Gasteiger partial charge is 0.140 e. The summed E-state index contributed by atoms with van der Waals surface area (Å²) in [4.78, 5) is 3.92. The van der Waals surface area contributed by atoms with Crippen molar-refractivity contribution in [2.75, 3.05) is 5.43 Å². The molecule has 0 atom stereocenters. The van der Waals surface area contributed by atoms with Crippen molar-refractivity contribution in [1.29, 1.82) is 0 Å². The highest BCUT2D eigenvalue weighted by atomic mass is 35.5. The second-order valence-corrected chi connectivity index (χ2v) is 1.86. The lowest BCUT2D eigenvalue weighted by molar-refractivity contribution is 1.21. The van der Waals surface area contributed by atoms with Gasteiger partial charge in [-0.1, -0.05) is 0 Å². The molecule has 0 aliphatic carbocycles. The van der Waals surface area contributed by atoms with E-state index in [9.17, 15) is 0 Å². The second-order valence-electron chi connectivity index (χ2n) is 1.86. The number of aromatic nitrogens is 1. The monoisotopic (exact) mass is 159 g/mol. The van der Waals surface area contributed by atoms with Crippen LogP contribution in [0.2, 0.25) is 0 Å². The Hall–Kier alpha value is -0.800. The Morgan fingerprint density at radius 3 is 2.70 bits per heavy atom. The Labute approximate surface area is 66.0 Å². The fraction of sp³-hybridized carbons (Fsp3) is 0.167. The minimum absolute atomic E-state index is 0. The molecule has 0 aromatic carbocycles. The van der Waals surface area contributed by atoms with Gasteiger partial charge in [-0.25, -0.2) is 10.8 Å². The Bertz CT molecular complexity index is 202. The molecule has 0 unspecified atom stereocenters. The average Bonchev–Trinajstić information content (AvgIpc) is 1.88. The second kappa shape index (κ2) is 4.09. The maximum absolute atomic E-state index is 5.11. The van der Waals surface area contributed by atoms with Crippen molar-refractivity contribution in [3.05, 3.63) is 23.9 Å². The van der Waals surface area contributed by atoms with E-state index in [1.54, 1.807) is 6.20 Å². The zero-order valence-corrected chi connectivity index (χ0v) is 6.48. The minimum Gasteiger partial charge on any atom is -0.308 e. The average molecular weight is 160 g/mol. The minimum atomic E-state index is 0. The Kier molecular flexibility index (Phi) is 3.76. The topological polar surface area (TPSA) is 50.9 Å². The van der Waals surface area contributed by atoms with Gasteiger partial charge in [0.1, 0.15) is 5.82 Å². The predicted octanol–water partition coefficient (Wildman–Crippen LogP) is 1.10. The number of nitrogens with two attached hydrogens (primary N) is 1. The highest BCUT2D eigenvalue weighted by molar-refractivity contribution is 5.85. The number of pyridine rings is 1. The third kappa shape index (κ3) is 2.21. The fourth-order valence-corrected chi connectivity index (χ4v) is 0.615. The van der Waals surface area contributed by atoms with Crippen molar-refractivity contribution in [1.82, 2.24) is 4.98 Å². The van der Waals surface area contributed by atoms with E-state index < -0.39 is 0 Å². The Morgan fingerprint density at radius 2 is 2.30 bits per heavy atom. The van der Waals surface area contributed by atoms with Gasteiger partial charge < -0.3 is 5.43 Å². The number of hydrazine groups is 1. The summed E-state index contributed by atoms with van der Waals surface area (Å²) in [7, 11) is 0. The molecule has 0 aliphatic rings. The zero-order valence-electron chi connectivity index (χ0n) is 5.66. The highest BCUT2D eigenvalue weighted by Gasteiger charge is 1.86. The molecule has 1 heterocycles. The number of nitrogens with zero attached hydrogens (tertiary/aromatic N) is 1. The summed E-state index contributed by atoms with van der Waals surface area (Å²) in [6.07, 6.45) is 1.71. The van der Waals surface area contributed by atoms with Crippen LogP contribution in [0.5, 0.6) is 0 Å². The summed E-state index contributed by atoms with van der Waals surface area (Å²) in [5.41, 5.74) is 3.61. The van der Waals surface area contributed by atoms with E-state index in [2.05, 4.69) is 10.4 Å². The van der Waals surface area contributed by atoms with Crippen molar-refractivity contribution in [2.45, 2.75) is 6.92 Å². The summed E-state index contributed by atoms with van der Waals surface area (Å²) in [5.74, 6) is 5.81. The number of halogens is 1. The number of aryl methyl sites for hydroxylation is 1. The standard InChI is InChI=1S/C6H9N3.ClH/c1-5-2-3-8-6(4-5)9-7;/h2-4H,7H2,1H3,(H,8,9);1H. The molecule has 1 aromatic rings. The van der Waals surface area contributed by atoms with Crippen molar-refractivity contribution < 1.29 is 0 Å². The van der Waals surface area contributed by atoms with Crippen LogP contribution in [-0.2, 0) is 0 Å². The maximum atomic E-state index is 5.11. The molecule has 0 radical (unpaired) electrons. The molecular formula is C6H10ClN3. The molecule has 3 nitrogen and oxygen atoms in total. The number of anilines is 1. The largest absolute Gasteiger partial charge is 0.308 e. The first-order valence-electron chi connectivity index (χ1n) is 2.72. The van der Waals surface area contributed by atoms with E-state index in [0.29, 0.717) is 5.82 Å². The molecule has 1 aromatic heterocycles. The highest BCUT2D eigenvalue weighted by Crippen LogP contribution is 2.01. The van der Waals surface area contributed by atoms with Crippen molar-refractivity contribution >= 4 is 18.2 Å². The lowest BCUT2D eigenvalue weighted by atomic mass is 10.3. The van der Waals surface area contributed by atoms with Crippen molar-refractivity contribution in [2.24, 2.45) is 5.84 Å². The van der Waals surface area contributed by atoms with Crippen LogP contribution in [0.15, 0.2) is 18.3 Å². The van der Waals surface area contributed by atoms with Crippen LogP contribution in [0.3, 0.4) is 0 Å². The molecule has 56 valence electrons. The molecule has 0 saturated heterocycles. The number of hydrogen-bond acceptors (Lipinski definition) is 3. The molecule has 0 aliphatic heterocycles. The summed E-state index contributed by atoms with van der Waals surface area (Å²) in [6, 6.07) is 3.79. The Balaban J connectivity index is 0.000000810. The fourth-order valence-electron chi connectivity index (χ4n) is 0.615. The molecule has 0 spiro atoms. The van der Waals surface area contributed by atoms with Crippen LogP contribution in [0, 0.1) is 6.92 Å². The third-order valence-electron chi connectivity index (χ3n) is 1.06. The first-order chi connectivity index (χ1) is 4.33. The quantitative estimate of drug-likeness (QED) is 0.477. The van der Waals surface area contributed by atoms with E-state index in [0.717, 1.165) is 5.56 Å². The SMILES string of the molecule is Cc1ccnc(NN)c1.Cl. The van der Waals surface area contributed by atoms with Gasteiger partial charge in [-0.05, 0) is 24.6 Å². The van der Waals surface area contributed by atoms with Crippen LogP contribution in [0.4, 0.5) is 5.82 Å². The first kappa shape index (κ1) is 9.20. The van der Waals surface area contributed by atoms with Gasteiger partial charge in [-0.3, -0.25) is 0 Å². The van der Waals surface area contributed by atoms with E-state index in [4.69, 9.17) is 5.84 Å². The van der Waals surface area contributed by atoms with Gasteiger partial charge in [0.25, 0.3) is 0 Å². The summed E-state index contributed by atoms with van der Waals surface area (Å²) in [5, 5.41) is 0. The molecule has 0 amide bonds. The molecule has 10 heavy (non-hydrogen) atoms. The van der Waals surface area contributed by atoms with Crippen LogP contribution in [0.25, 0.3) is 0 Å². The zero-order chi connectivity index (χ0) is 6.69. The number of nitrogens with one attached hydrogen (secondary N) is 1. The number of nitrogen functional groups attached to an aromatic ring is 1. The predicted molar refractivity (Wildman–Crippen MR) is 44.0 cm³/mol. The molecule has 3 N–H and O–H groups in total. The van der Waals surface area contributed by atoms with Crippen molar-refractivity contribution in [3.63, 3.8) is 0 Å². The van der Waals surface area contributed by atoms with Crippen LogP contribution < -0.4 is 11.3 Å². The van der Waals surface area contributed by atoms with Gasteiger partial charge in [0, 0.05) is 6.20 Å². The van der Waals surface area contributed by atoms with E-state index >= 15 is 0 Å². The summed E-state index contributed by atoms with van der Waals surface area (Å²) < 4.78 is 0. The molecule has 1 rings (SSSR count). The molecule has 4 heteroatoms.